The molecule has 1 aliphatic heterocycles. The summed E-state index contributed by atoms with van der Waals surface area (Å²) in [7, 11) is 3.18. The van der Waals surface area contributed by atoms with Crippen molar-refractivity contribution in [3.8, 4) is 22.9 Å². The molecule has 9 heteroatoms. The van der Waals surface area contributed by atoms with Crippen molar-refractivity contribution in [2.24, 2.45) is 0 Å². The topological polar surface area (TPSA) is 103 Å². The maximum atomic E-state index is 13.5. The number of pyridine rings is 1. The lowest BCUT2D eigenvalue weighted by atomic mass is 9.98. The summed E-state index contributed by atoms with van der Waals surface area (Å²) in [5.41, 5.74) is 3.26. The number of rotatable bonds is 6. The number of carbonyl (C=O) groups excluding carboxylic acids is 1. The summed E-state index contributed by atoms with van der Waals surface area (Å²) in [6, 6.07) is 19.8. The number of hydrogen-bond acceptors (Lipinski definition) is 7. The number of carbonyl (C=O) groups is 1. The summed E-state index contributed by atoms with van der Waals surface area (Å²) in [6.45, 7) is 1.85. The summed E-state index contributed by atoms with van der Waals surface area (Å²) < 4.78 is 12.5. The molecule has 1 amide bonds. The van der Waals surface area contributed by atoms with Crippen LogP contribution in [0.5, 0.6) is 11.5 Å². The first-order chi connectivity index (χ1) is 17.1. The monoisotopic (exact) mass is 468 g/mol. The van der Waals surface area contributed by atoms with Gasteiger partial charge in [-0.2, -0.15) is 4.98 Å². The number of fused-ring (bicyclic) bond motifs is 1. The standard InChI is InChI=1S/C26H24N6O3/c1-16-22(25(33)29-18-9-5-4-6-10-18)23(21-11-7-8-12-27-21)32-26(28-16)30-24(31-32)17-13-19(34-2)15-20(14-17)35-3/h4-15,23H,1-3H3,(H,29,33)(H,28,30,31). The lowest BCUT2D eigenvalue weighted by molar-refractivity contribution is -0.113. The van der Waals surface area contributed by atoms with Gasteiger partial charge in [0.05, 0.1) is 25.5 Å². The van der Waals surface area contributed by atoms with E-state index in [1.807, 2.05) is 67.6 Å². The Morgan fingerprint density at radius 2 is 1.71 bits per heavy atom. The lowest BCUT2D eigenvalue weighted by Crippen LogP contribution is -2.32. The zero-order valence-electron chi connectivity index (χ0n) is 19.5. The molecule has 0 spiro atoms. The summed E-state index contributed by atoms with van der Waals surface area (Å²) in [5, 5.41) is 11.0. The Hall–Kier alpha value is -4.66. The van der Waals surface area contributed by atoms with Crippen molar-refractivity contribution in [2.45, 2.75) is 13.0 Å². The molecule has 3 heterocycles. The van der Waals surface area contributed by atoms with Gasteiger partial charge in [-0.25, -0.2) is 4.68 Å². The van der Waals surface area contributed by atoms with Gasteiger partial charge >= 0.3 is 0 Å². The van der Waals surface area contributed by atoms with Crippen LogP contribution in [0.4, 0.5) is 11.6 Å². The average molecular weight is 469 g/mol. The van der Waals surface area contributed by atoms with E-state index in [1.54, 1.807) is 31.2 Å². The van der Waals surface area contributed by atoms with E-state index in [-0.39, 0.29) is 5.91 Å². The highest BCUT2D eigenvalue weighted by molar-refractivity contribution is 6.05. The van der Waals surface area contributed by atoms with Gasteiger partial charge in [-0.3, -0.25) is 9.78 Å². The minimum Gasteiger partial charge on any atom is -0.497 e. The first kappa shape index (κ1) is 22.1. The normalized spacial score (nSPS) is 14.7. The van der Waals surface area contributed by atoms with Gasteiger partial charge in [0.1, 0.15) is 17.5 Å². The van der Waals surface area contributed by atoms with Gasteiger partial charge in [-0.05, 0) is 43.3 Å². The largest absolute Gasteiger partial charge is 0.497 e. The van der Waals surface area contributed by atoms with Gasteiger partial charge in [-0.1, -0.05) is 24.3 Å². The van der Waals surface area contributed by atoms with Crippen molar-refractivity contribution in [3.63, 3.8) is 0 Å². The van der Waals surface area contributed by atoms with Crippen LogP contribution in [0.3, 0.4) is 0 Å². The third-order valence-electron chi connectivity index (χ3n) is 5.71. The number of nitrogens with zero attached hydrogens (tertiary/aromatic N) is 4. The summed E-state index contributed by atoms with van der Waals surface area (Å²) in [5.74, 6) is 1.97. The second kappa shape index (κ2) is 9.30. The van der Waals surface area contributed by atoms with Gasteiger partial charge < -0.3 is 20.1 Å². The van der Waals surface area contributed by atoms with Gasteiger partial charge in [0.2, 0.25) is 5.95 Å². The molecule has 1 unspecified atom stereocenters. The second-order valence-corrected chi connectivity index (χ2v) is 7.95. The summed E-state index contributed by atoms with van der Waals surface area (Å²) in [4.78, 5) is 22.7. The van der Waals surface area contributed by atoms with Crippen LogP contribution in [0.1, 0.15) is 18.7 Å². The van der Waals surface area contributed by atoms with Gasteiger partial charge in [0, 0.05) is 29.2 Å². The van der Waals surface area contributed by atoms with Crippen molar-refractivity contribution >= 4 is 17.5 Å². The molecule has 1 aliphatic rings. The van der Waals surface area contributed by atoms with E-state index < -0.39 is 6.04 Å². The molecule has 5 rings (SSSR count). The Balaban J connectivity index is 1.60. The number of aromatic nitrogens is 4. The molecule has 2 aromatic heterocycles. The fraction of sp³-hybridized carbons (Fsp3) is 0.154. The smallest absolute Gasteiger partial charge is 0.255 e. The number of methoxy groups -OCH3 is 2. The van der Waals surface area contributed by atoms with Gasteiger partial charge in [0.25, 0.3) is 5.91 Å². The van der Waals surface area contributed by atoms with Crippen molar-refractivity contribution < 1.29 is 14.3 Å². The SMILES string of the molecule is COc1cc(OC)cc(-c2nc3n(n2)C(c2ccccn2)C(C(=O)Nc2ccccc2)=C(C)N3)c1. The van der Waals surface area contributed by atoms with Crippen LogP contribution in [0.25, 0.3) is 11.4 Å². The number of allylic oxidation sites excluding steroid dienone is 1. The number of hydrogen-bond donors (Lipinski definition) is 2. The van der Waals surface area contributed by atoms with Crippen LogP contribution in [0.15, 0.2) is 84.2 Å². The highest BCUT2D eigenvalue weighted by atomic mass is 16.5. The highest BCUT2D eigenvalue weighted by Crippen LogP contribution is 2.37. The molecular weight excluding hydrogens is 444 g/mol. The molecule has 0 bridgehead atoms. The third-order valence-corrected chi connectivity index (χ3v) is 5.71. The van der Waals surface area contributed by atoms with Crippen LogP contribution in [0.2, 0.25) is 0 Å². The highest BCUT2D eigenvalue weighted by Gasteiger charge is 2.35. The zero-order chi connectivity index (χ0) is 24.4. The summed E-state index contributed by atoms with van der Waals surface area (Å²) >= 11 is 0. The van der Waals surface area contributed by atoms with Crippen LogP contribution in [0, 0.1) is 0 Å². The number of amides is 1. The first-order valence-corrected chi connectivity index (χ1v) is 11.0. The maximum absolute atomic E-state index is 13.5. The molecule has 2 N–H and O–H groups in total. The Labute approximate surface area is 202 Å². The first-order valence-electron chi connectivity index (χ1n) is 11.0. The van der Waals surface area contributed by atoms with Gasteiger partial charge in [0.15, 0.2) is 5.82 Å². The number of para-hydroxylation sites is 1. The molecule has 0 fully saturated rings. The Kier molecular flexibility index (Phi) is 5.88. The predicted molar refractivity (Wildman–Crippen MR) is 132 cm³/mol. The van der Waals surface area contributed by atoms with Crippen molar-refractivity contribution in [1.29, 1.82) is 0 Å². The quantitative estimate of drug-likeness (QED) is 0.435. The van der Waals surface area contributed by atoms with Crippen LogP contribution >= 0.6 is 0 Å². The molecule has 176 valence electrons. The molecular formula is C26H24N6O3. The van der Waals surface area contributed by atoms with Crippen LogP contribution < -0.4 is 20.1 Å². The Morgan fingerprint density at radius 3 is 2.37 bits per heavy atom. The maximum Gasteiger partial charge on any atom is 0.255 e. The molecule has 0 saturated carbocycles. The second-order valence-electron chi connectivity index (χ2n) is 7.95. The van der Waals surface area contributed by atoms with E-state index in [9.17, 15) is 4.79 Å². The van der Waals surface area contributed by atoms with E-state index in [2.05, 4.69) is 15.6 Å². The number of anilines is 2. The molecule has 9 nitrogen and oxygen atoms in total. The van der Waals surface area contributed by atoms with E-state index in [1.165, 1.54) is 0 Å². The average Bonchev–Trinajstić information content (AvgIpc) is 3.32. The zero-order valence-corrected chi connectivity index (χ0v) is 19.5. The van der Waals surface area contributed by atoms with Crippen molar-refractivity contribution in [1.82, 2.24) is 19.7 Å². The van der Waals surface area contributed by atoms with Crippen molar-refractivity contribution in [2.75, 3.05) is 24.9 Å². The molecule has 1 atom stereocenters. The minimum absolute atomic E-state index is 0.248. The molecule has 35 heavy (non-hydrogen) atoms. The van der Waals surface area contributed by atoms with E-state index in [0.29, 0.717) is 45.9 Å². The van der Waals surface area contributed by atoms with Crippen molar-refractivity contribution in [3.05, 3.63) is 89.9 Å². The van der Waals surface area contributed by atoms with E-state index in [4.69, 9.17) is 19.6 Å². The number of benzene rings is 2. The van der Waals surface area contributed by atoms with Crippen LogP contribution in [-0.4, -0.2) is 39.9 Å². The predicted octanol–water partition coefficient (Wildman–Crippen LogP) is 4.28. The van der Waals surface area contributed by atoms with Gasteiger partial charge in [-0.15, -0.1) is 5.10 Å². The van der Waals surface area contributed by atoms with E-state index in [0.717, 1.165) is 5.56 Å². The molecule has 0 radical (unpaired) electrons. The minimum atomic E-state index is -0.579. The Morgan fingerprint density at radius 1 is 1.00 bits per heavy atom. The molecule has 0 saturated heterocycles. The van der Waals surface area contributed by atoms with E-state index >= 15 is 0 Å². The molecule has 0 aliphatic carbocycles. The number of ether oxygens (including phenoxy) is 2. The lowest BCUT2D eigenvalue weighted by Gasteiger charge is -2.28. The summed E-state index contributed by atoms with van der Waals surface area (Å²) in [6.07, 6.45) is 1.70. The molecule has 2 aromatic carbocycles. The fourth-order valence-corrected chi connectivity index (χ4v) is 4.04. The molecule has 4 aromatic rings. The number of nitrogens with one attached hydrogen (secondary N) is 2. The fourth-order valence-electron chi connectivity index (χ4n) is 4.04. The van der Waals surface area contributed by atoms with Crippen LogP contribution in [-0.2, 0) is 4.79 Å². The Bertz CT molecular complexity index is 1380. The third kappa shape index (κ3) is 4.31.